The molecule has 0 spiro atoms. The predicted molar refractivity (Wildman–Crippen MR) is 73.7 cm³/mol. The van der Waals surface area contributed by atoms with E-state index >= 15 is 0 Å². The molecular formula is C12H16N2OS2. The lowest BCUT2D eigenvalue weighted by Gasteiger charge is -2.19. The van der Waals surface area contributed by atoms with Crippen LogP contribution in [0, 0.1) is 6.92 Å². The minimum absolute atomic E-state index is 0.176. The van der Waals surface area contributed by atoms with Crippen LogP contribution in [0.5, 0.6) is 0 Å². The minimum Gasteiger partial charge on any atom is -0.237 e. The SMILES string of the molecule is Cc1nsc2cccc(S(=O)NC(C)(C)C)c12. The lowest BCUT2D eigenvalue weighted by molar-refractivity contribution is 0.520. The van der Waals surface area contributed by atoms with Gasteiger partial charge in [0.1, 0.15) is 11.0 Å². The zero-order valence-electron chi connectivity index (χ0n) is 10.4. The number of hydrogen-bond acceptors (Lipinski definition) is 3. The Bertz CT molecular complexity index is 569. The predicted octanol–water partition coefficient (Wildman–Crippen LogP) is 3.02. The molecule has 2 aromatic rings. The third-order valence-corrected chi connectivity index (χ3v) is 4.67. The van der Waals surface area contributed by atoms with Gasteiger partial charge in [0.05, 0.1) is 15.3 Å². The number of aromatic nitrogens is 1. The summed E-state index contributed by atoms with van der Waals surface area (Å²) in [7, 11) is -1.20. The summed E-state index contributed by atoms with van der Waals surface area (Å²) in [6.07, 6.45) is 0. The van der Waals surface area contributed by atoms with Crippen LogP contribution in [0.3, 0.4) is 0 Å². The summed E-state index contributed by atoms with van der Waals surface area (Å²) in [5.41, 5.74) is 0.773. The minimum atomic E-state index is -1.20. The van der Waals surface area contributed by atoms with Gasteiger partial charge in [-0.1, -0.05) is 6.07 Å². The van der Waals surface area contributed by atoms with E-state index in [1.807, 2.05) is 45.9 Å². The lowest BCUT2D eigenvalue weighted by Crippen LogP contribution is -2.37. The van der Waals surface area contributed by atoms with Gasteiger partial charge in [0.25, 0.3) is 0 Å². The molecule has 0 aliphatic heterocycles. The van der Waals surface area contributed by atoms with Crippen molar-refractivity contribution in [3.63, 3.8) is 0 Å². The van der Waals surface area contributed by atoms with E-state index in [-0.39, 0.29) is 5.54 Å². The fourth-order valence-electron chi connectivity index (χ4n) is 1.59. The molecule has 0 saturated carbocycles. The Labute approximate surface area is 108 Å². The monoisotopic (exact) mass is 268 g/mol. The second-order valence-corrected chi connectivity index (χ2v) is 7.00. The van der Waals surface area contributed by atoms with Gasteiger partial charge in [-0.25, -0.2) is 8.93 Å². The summed E-state index contributed by atoms with van der Waals surface area (Å²) in [6.45, 7) is 7.97. The molecule has 1 aromatic heterocycles. The van der Waals surface area contributed by atoms with Crippen LogP contribution in [-0.4, -0.2) is 14.1 Å². The van der Waals surface area contributed by atoms with Crippen molar-refractivity contribution in [2.45, 2.75) is 38.1 Å². The van der Waals surface area contributed by atoms with Gasteiger partial charge >= 0.3 is 0 Å². The van der Waals surface area contributed by atoms with Crippen LogP contribution in [0.4, 0.5) is 0 Å². The molecule has 0 radical (unpaired) electrons. The van der Waals surface area contributed by atoms with Gasteiger partial charge in [-0.3, -0.25) is 0 Å². The molecule has 1 heterocycles. The fourth-order valence-corrected chi connectivity index (χ4v) is 3.79. The molecule has 1 unspecified atom stereocenters. The summed E-state index contributed by atoms with van der Waals surface area (Å²) in [5, 5.41) is 1.02. The molecule has 1 aromatic carbocycles. The number of rotatable bonds is 2. The summed E-state index contributed by atoms with van der Waals surface area (Å²) in [5.74, 6) is 0. The molecule has 0 aliphatic carbocycles. The van der Waals surface area contributed by atoms with Crippen molar-refractivity contribution in [2.24, 2.45) is 0 Å². The lowest BCUT2D eigenvalue weighted by atomic mass is 10.1. The van der Waals surface area contributed by atoms with E-state index in [2.05, 4.69) is 9.10 Å². The van der Waals surface area contributed by atoms with Crippen LogP contribution in [0.25, 0.3) is 10.1 Å². The number of hydrogen-bond donors (Lipinski definition) is 1. The van der Waals surface area contributed by atoms with Gasteiger partial charge in [0, 0.05) is 10.9 Å². The van der Waals surface area contributed by atoms with Gasteiger partial charge in [-0.2, -0.15) is 4.37 Å². The Balaban J connectivity index is 2.48. The average Bonchev–Trinajstić information content (AvgIpc) is 2.58. The summed E-state index contributed by atoms with van der Waals surface area (Å²) in [4.78, 5) is 0.823. The summed E-state index contributed by atoms with van der Waals surface area (Å²) < 4.78 is 20.8. The van der Waals surface area contributed by atoms with Crippen LogP contribution in [-0.2, 0) is 11.0 Å². The third-order valence-electron chi connectivity index (χ3n) is 2.23. The van der Waals surface area contributed by atoms with E-state index in [0.717, 1.165) is 20.7 Å². The maximum absolute atomic E-state index is 12.3. The molecule has 0 bridgehead atoms. The van der Waals surface area contributed by atoms with Crippen LogP contribution >= 0.6 is 11.5 Å². The number of aryl methyl sites for hydroxylation is 1. The first-order chi connectivity index (χ1) is 7.88. The van der Waals surface area contributed by atoms with E-state index in [1.165, 1.54) is 11.5 Å². The van der Waals surface area contributed by atoms with Crippen molar-refractivity contribution in [1.82, 2.24) is 9.10 Å². The molecule has 5 heteroatoms. The normalized spacial score (nSPS) is 14.1. The third kappa shape index (κ3) is 2.73. The van der Waals surface area contributed by atoms with Crippen molar-refractivity contribution in [2.75, 3.05) is 0 Å². The van der Waals surface area contributed by atoms with Crippen molar-refractivity contribution in [1.29, 1.82) is 0 Å². The van der Waals surface area contributed by atoms with E-state index in [4.69, 9.17) is 0 Å². The van der Waals surface area contributed by atoms with Gasteiger partial charge in [-0.15, -0.1) is 0 Å². The van der Waals surface area contributed by atoms with Crippen molar-refractivity contribution >= 4 is 32.6 Å². The standard InChI is InChI=1S/C12H16N2OS2/c1-8-11-9(16-13-8)6-5-7-10(11)17(15)14-12(2,3)4/h5-7,14H,1-4H3. The Hall–Kier alpha value is -0.780. The zero-order valence-corrected chi connectivity index (χ0v) is 12.0. The molecule has 1 atom stereocenters. The van der Waals surface area contributed by atoms with Crippen molar-refractivity contribution in [3.8, 4) is 0 Å². The van der Waals surface area contributed by atoms with Crippen LogP contribution in [0.1, 0.15) is 26.5 Å². The second kappa shape index (κ2) is 4.48. The quantitative estimate of drug-likeness (QED) is 0.909. The molecule has 0 fully saturated rings. The Morgan fingerprint density at radius 2 is 2.06 bits per heavy atom. The van der Waals surface area contributed by atoms with E-state index < -0.39 is 11.0 Å². The van der Waals surface area contributed by atoms with Crippen LogP contribution in [0.2, 0.25) is 0 Å². The summed E-state index contributed by atoms with van der Waals surface area (Å²) in [6, 6.07) is 5.84. The maximum Gasteiger partial charge on any atom is 0.126 e. The molecule has 2 rings (SSSR count). The van der Waals surface area contributed by atoms with Crippen LogP contribution < -0.4 is 4.72 Å². The first-order valence-electron chi connectivity index (χ1n) is 5.43. The van der Waals surface area contributed by atoms with Crippen molar-refractivity contribution in [3.05, 3.63) is 23.9 Å². The Kier molecular flexibility index (Phi) is 3.34. The first-order valence-corrected chi connectivity index (χ1v) is 7.35. The van der Waals surface area contributed by atoms with Crippen molar-refractivity contribution < 1.29 is 4.21 Å². The smallest absolute Gasteiger partial charge is 0.126 e. The Morgan fingerprint density at radius 1 is 1.35 bits per heavy atom. The van der Waals surface area contributed by atoms with E-state index in [0.29, 0.717) is 0 Å². The molecule has 0 amide bonds. The number of fused-ring (bicyclic) bond motifs is 1. The highest BCUT2D eigenvalue weighted by molar-refractivity contribution is 7.83. The molecule has 17 heavy (non-hydrogen) atoms. The topological polar surface area (TPSA) is 42.0 Å². The first kappa shape index (κ1) is 12.7. The average molecular weight is 268 g/mol. The highest BCUT2D eigenvalue weighted by atomic mass is 32.2. The van der Waals surface area contributed by atoms with Crippen LogP contribution in [0.15, 0.2) is 23.1 Å². The number of nitrogens with one attached hydrogen (secondary N) is 1. The molecule has 1 N–H and O–H groups in total. The maximum atomic E-state index is 12.3. The van der Waals surface area contributed by atoms with E-state index in [1.54, 1.807) is 0 Å². The fraction of sp³-hybridized carbons (Fsp3) is 0.417. The largest absolute Gasteiger partial charge is 0.237 e. The van der Waals surface area contributed by atoms with Gasteiger partial charge in [0.2, 0.25) is 0 Å². The Morgan fingerprint density at radius 3 is 2.71 bits per heavy atom. The highest BCUT2D eigenvalue weighted by Gasteiger charge is 2.18. The molecule has 92 valence electrons. The molecule has 0 aliphatic rings. The molecule has 3 nitrogen and oxygen atoms in total. The van der Waals surface area contributed by atoms with E-state index in [9.17, 15) is 4.21 Å². The van der Waals surface area contributed by atoms with Gasteiger partial charge in [0.15, 0.2) is 0 Å². The second-order valence-electron chi connectivity index (χ2n) is 5.02. The van der Waals surface area contributed by atoms with Gasteiger partial charge < -0.3 is 0 Å². The number of benzene rings is 1. The number of nitrogens with zero attached hydrogens (tertiary/aromatic N) is 1. The summed E-state index contributed by atoms with van der Waals surface area (Å²) >= 11 is 1.45. The molecular weight excluding hydrogens is 252 g/mol. The molecule has 0 saturated heterocycles. The van der Waals surface area contributed by atoms with Gasteiger partial charge in [-0.05, 0) is 51.4 Å². The zero-order chi connectivity index (χ0) is 12.6. The highest BCUT2D eigenvalue weighted by Crippen LogP contribution is 2.27.